The van der Waals surface area contributed by atoms with E-state index in [-0.39, 0.29) is 0 Å². The molecular formula is C8H8N2O2. The van der Waals surface area contributed by atoms with Crippen molar-refractivity contribution in [1.29, 1.82) is 0 Å². The van der Waals surface area contributed by atoms with E-state index in [0.717, 1.165) is 0 Å². The normalized spacial score (nSPS) is 10.1. The summed E-state index contributed by atoms with van der Waals surface area (Å²) in [6.45, 7) is 0. The summed E-state index contributed by atoms with van der Waals surface area (Å²) in [5, 5.41) is 3.95. The number of hydrogen-bond donors (Lipinski definition) is 0. The number of furan rings is 1. The molecule has 4 nitrogen and oxygen atoms in total. The first-order chi connectivity index (χ1) is 5.84. The minimum absolute atomic E-state index is 0.475. The number of hydrogen-bond acceptors (Lipinski definition) is 3. The highest BCUT2D eigenvalue weighted by atomic mass is 16.6. The Morgan fingerprint density at radius 2 is 2.50 bits per heavy atom. The Hall–Kier alpha value is -1.71. The number of ether oxygens (including phenoxy) is 1. The first kappa shape index (κ1) is 6.97. The second kappa shape index (κ2) is 2.73. The van der Waals surface area contributed by atoms with Crippen LogP contribution in [0.2, 0.25) is 0 Å². The third kappa shape index (κ3) is 1.32. The van der Waals surface area contributed by atoms with Gasteiger partial charge in [0.2, 0.25) is 0 Å². The van der Waals surface area contributed by atoms with Crippen molar-refractivity contribution in [3.8, 4) is 11.7 Å². The molecule has 0 aliphatic rings. The topological polar surface area (TPSA) is 40.2 Å². The molecule has 0 aliphatic carbocycles. The monoisotopic (exact) mass is 164 g/mol. The summed E-state index contributed by atoms with van der Waals surface area (Å²) in [5.41, 5.74) is 0. The van der Waals surface area contributed by atoms with Crippen LogP contribution < -0.4 is 4.74 Å². The third-order valence-corrected chi connectivity index (χ3v) is 1.39. The highest BCUT2D eigenvalue weighted by Crippen LogP contribution is 2.19. The van der Waals surface area contributed by atoms with Gasteiger partial charge in [0.25, 0.3) is 5.95 Å². The summed E-state index contributed by atoms with van der Waals surface area (Å²) in [5.74, 6) is 1.15. The van der Waals surface area contributed by atoms with E-state index in [9.17, 15) is 0 Å². The molecule has 12 heavy (non-hydrogen) atoms. The Labute approximate surface area is 69.4 Å². The maximum absolute atomic E-state index is 5.29. The van der Waals surface area contributed by atoms with Crippen LogP contribution in [0.4, 0.5) is 0 Å². The van der Waals surface area contributed by atoms with Crippen molar-refractivity contribution in [2.45, 2.75) is 0 Å². The predicted octanol–water partition coefficient (Wildman–Crippen LogP) is 1.81. The van der Waals surface area contributed by atoms with Crippen molar-refractivity contribution in [3.63, 3.8) is 0 Å². The van der Waals surface area contributed by atoms with E-state index in [1.807, 2.05) is 7.05 Å². The van der Waals surface area contributed by atoms with E-state index >= 15 is 0 Å². The van der Waals surface area contributed by atoms with E-state index in [1.165, 1.54) is 0 Å². The fourth-order valence-electron chi connectivity index (χ4n) is 0.889. The minimum Gasteiger partial charge on any atom is -0.434 e. The van der Waals surface area contributed by atoms with Crippen molar-refractivity contribution in [2.75, 3.05) is 0 Å². The largest absolute Gasteiger partial charge is 0.434 e. The van der Waals surface area contributed by atoms with E-state index < -0.39 is 0 Å². The van der Waals surface area contributed by atoms with Crippen molar-refractivity contribution in [1.82, 2.24) is 9.78 Å². The molecule has 0 amide bonds. The van der Waals surface area contributed by atoms with Crippen molar-refractivity contribution >= 4 is 0 Å². The third-order valence-electron chi connectivity index (χ3n) is 1.39. The lowest BCUT2D eigenvalue weighted by molar-refractivity contribution is 0.346. The van der Waals surface area contributed by atoms with Gasteiger partial charge in [0.1, 0.15) is 0 Å². The smallest absolute Gasteiger partial charge is 0.289 e. The first-order valence-electron chi connectivity index (χ1n) is 3.54. The van der Waals surface area contributed by atoms with Gasteiger partial charge >= 0.3 is 0 Å². The minimum atomic E-state index is 0.475. The molecule has 0 spiro atoms. The number of aryl methyl sites for hydroxylation is 1. The Bertz CT molecular complexity index is 351. The van der Waals surface area contributed by atoms with E-state index in [0.29, 0.717) is 11.7 Å². The van der Waals surface area contributed by atoms with Crippen LogP contribution in [-0.4, -0.2) is 9.78 Å². The zero-order chi connectivity index (χ0) is 8.39. The van der Waals surface area contributed by atoms with Gasteiger partial charge in [-0.1, -0.05) is 0 Å². The number of nitrogens with zero attached hydrogens (tertiary/aromatic N) is 2. The second-order valence-electron chi connectivity index (χ2n) is 2.38. The van der Waals surface area contributed by atoms with Crippen LogP contribution in [0.5, 0.6) is 11.7 Å². The average Bonchev–Trinajstić information content (AvgIpc) is 2.63. The summed E-state index contributed by atoms with van der Waals surface area (Å²) < 4.78 is 11.9. The Kier molecular flexibility index (Phi) is 1.59. The van der Waals surface area contributed by atoms with Gasteiger partial charge < -0.3 is 9.15 Å². The van der Waals surface area contributed by atoms with Gasteiger partial charge in [0.15, 0.2) is 5.75 Å². The summed E-state index contributed by atoms with van der Waals surface area (Å²) in [6.07, 6.45) is 4.96. The van der Waals surface area contributed by atoms with Crippen LogP contribution in [0.25, 0.3) is 0 Å². The van der Waals surface area contributed by atoms with Gasteiger partial charge in [0, 0.05) is 13.1 Å². The van der Waals surface area contributed by atoms with Gasteiger partial charge in [-0.2, -0.15) is 5.10 Å². The number of aromatic nitrogens is 2. The molecule has 0 aromatic carbocycles. The molecule has 0 saturated carbocycles. The SMILES string of the molecule is Cn1cc(Oc2ccco2)cn1. The standard InChI is InChI=1S/C8H8N2O2/c1-10-6-7(5-9-10)12-8-3-2-4-11-8/h2-6H,1H3. The lowest BCUT2D eigenvalue weighted by atomic mass is 10.6. The molecule has 2 aromatic rings. The Morgan fingerprint density at radius 3 is 3.08 bits per heavy atom. The van der Waals surface area contributed by atoms with Crippen LogP contribution >= 0.6 is 0 Å². The van der Waals surface area contributed by atoms with E-state index in [4.69, 9.17) is 9.15 Å². The maximum atomic E-state index is 5.29. The van der Waals surface area contributed by atoms with Gasteiger partial charge in [-0.15, -0.1) is 0 Å². The first-order valence-corrected chi connectivity index (χ1v) is 3.54. The van der Waals surface area contributed by atoms with E-state index in [2.05, 4.69) is 5.10 Å². The van der Waals surface area contributed by atoms with Crippen LogP contribution in [-0.2, 0) is 7.05 Å². The van der Waals surface area contributed by atoms with Crippen LogP contribution in [0, 0.1) is 0 Å². The molecule has 0 fully saturated rings. The zero-order valence-electron chi connectivity index (χ0n) is 6.60. The number of rotatable bonds is 2. The lowest BCUT2D eigenvalue weighted by Gasteiger charge is -1.94. The highest BCUT2D eigenvalue weighted by molar-refractivity contribution is 5.18. The summed E-state index contributed by atoms with van der Waals surface area (Å²) in [6, 6.07) is 3.51. The Balaban J connectivity index is 2.14. The van der Waals surface area contributed by atoms with Gasteiger partial charge in [0.05, 0.1) is 18.7 Å². The molecule has 0 aliphatic heterocycles. The van der Waals surface area contributed by atoms with Gasteiger partial charge in [-0.25, -0.2) is 0 Å². The fraction of sp³-hybridized carbons (Fsp3) is 0.125. The van der Waals surface area contributed by atoms with Crippen LogP contribution in [0.15, 0.2) is 35.2 Å². The highest BCUT2D eigenvalue weighted by Gasteiger charge is 1.99. The summed E-state index contributed by atoms with van der Waals surface area (Å²) >= 11 is 0. The van der Waals surface area contributed by atoms with Gasteiger partial charge in [-0.3, -0.25) is 4.68 Å². The molecule has 0 N–H and O–H groups in total. The quantitative estimate of drug-likeness (QED) is 0.679. The van der Waals surface area contributed by atoms with Crippen molar-refractivity contribution in [2.24, 2.45) is 7.05 Å². The lowest BCUT2D eigenvalue weighted by Crippen LogP contribution is -1.84. The predicted molar refractivity (Wildman–Crippen MR) is 42.0 cm³/mol. The molecule has 4 heteroatoms. The molecule has 2 heterocycles. The summed E-state index contributed by atoms with van der Waals surface area (Å²) in [7, 11) is 1.83. The summed E-state index contributed by atoms with van der Waals surface area (Å²) in [4.78, 5) is 0. The van der Waals surface area contributed by atoms with Crippen LogP contribution in [0.1, 0.15) is 0 Å². The average molecular weight is 164 g/mol. The molecule has 62 valence electrons. The van der Waals surface area contributed by atoms with Gasteiger partial charge in [-0.05, 0) is 6.07 Å². The molecule has 2 rings (SSSR count). The van der Waals surface area contributed by atoms with Crippen molar-refractivity contribution in [3.05, 3.63) is 30.8 Å². The molecule has 0 saturated heterocycles. The molecule has 0 radical (unpaired) electrons. The molecule has 0 unspecified atom stereocenters. The molecular weight excluding hydrogens is 156 g/mol. The molecule has 0 atom stereocenters. The van der Waals surface area contributed by atoms with E-state index in [1.54, 1.807) is 35.5 Å². The van der Waals surface area contributed by atoms with Crippen molar-refractivity contribution < 1.29 is 9.15 Å². The zero-order valence-corrected chi connectivity index (χ0v) is 6.60. The molecule has 0 bridgehead atoms. The molecule has 2 aromatic heterocycles. The fourth-order valence-corrected chi connectivity index (χ4v) is 0.889. The Morgan fingerprint density at radius 1 is 1.58 bits per heavy atom. The van der Waals surface area contributed by atoms with Crippen LogP contribution in [0.3, 0.4) is 0 Å². The maximum Gasteiger partial charge on any atom is 0.289 e. The second-order valence-corrected chi connectivity index (χ2v) is 2.38.